The molecule has 19 heavy (non-hydrogen) atoms. The molecule has 0 aliphatic rings. The zero-order valence-corrected chi connectivity index (χ0v) is 12.0. The molecule has 0 atom stereocenters. The summed E-state index contributed by atoms with van der Waals surface area (Å²) in [5.74, 6) is 9.62. The van der Waals surface area contributed by atoms with Gasteiger partial charge in [-0.1, -0.05) is 0 Å². The molecule has 0 aliphatic heterocycles. The van der Waals surface area contributed by atoms with Gasteiger partial charge in [0.25, 0.3) is 0 Å². The minimum Gasteiger partial charge on any atom is -0.465 e. The van der Waals surface area contributed by atoms with E-state index in [1.165, 1.54) is 0 Å². The van der Waals surface area contributed by atoms with Crippen molar-refractivity contribution in [3.63, 3.8) is 0 Å². The van der Waals surface area contributed by atoms with Gasteiger partial charge < -0.3 is 9.47 Å². The summed E-state index contributed by atoms with van der Waals surface area (Å²) < 4.78 is 9.99. The van der Waals surface area contributed by atoms with Gasteiger partial charge in [0.05, 0.1) is 13.2 Å². The third kappa shape index (κ3) is 4.67. The Hall–Kier alpha value is -1.94. The van der Waals surface area contributed by atoms with Gasteiger partial charge in [-0.3, -0.25) is 9.59 Å². The average Bonchev–Trinajstić information content (AvgIpc) is 2.40. The number of carbonyl (C=O) groups is 2. The topological polar surface area (TPSA) is 52.6 Å². The van der Waals surface area contributed by atoms with E-state index in [0.717, 1.165) is 0 Å². The minimum atomic E-state index is -1.45. The first kappa shape index (κ1) is 17.1. The molecule has 0 unspecified atom stereocenters. The van der Waals surface area contributed by atoms with Crippen LogP contribution in [0.2, 0.25) is 0 Å². The van der Waals surface area contributed by atoms with E-state index >= 15 is 0 Å². The Morgan fingerprint density at radius 3 is 1.53 bits per heavy atom. The highest BCUT2D eigenvalue weighted by Crippen LogP contribution is 2.30. The van der Waals surface area contributed by atoms with Crippen LogP contribution < -0.4 is 0 Å². The Morgan fingerprint density at radius 1 is 0.895 bits per heavy atom. The Bertz CT molecular complexity index is 387. The first-order chi connectivity index (χ1) is 9.08. The molecule has 0 amide bonds. The predicted octanol–water partition coefficient (Wildman–Crippen LogP) is 1.93. The fourth-order valence-electron chi connectivity index (χ4n) is 1.45. The van der Waals surface area contributed by atoms with Gasteiger partial charge >= 0.3 is 11.9 Å². The summed E-state index contributed by atoms with van der Waals surface area (Å²) in [6, 6.07) is 0. The number of rotatable bonds is 6. The van der Waals surface area contributed by atoms with Gasteiger partial charge in [-0.05, 0) is 27.7 Å². The van der Waals surface area contributed by atoms with E-state index in [9.17, 15) is 9.59 Å². The summed E-state index contributed by atoms with van der Waals surface area (Å²) in [6.45, 7) is 7.05. The molecule has 0 bridgehead atoms. The maximum Gasteiger partial charge on any atom is 0.325 e. The quantitative estimate of drug-likeness (QED) is 0.418. The lowest BCUT2D eigenvalue weighted by Crippen LogP contribution is -2.41. The molecule has 0 aliphatic carbocycles. The van der Waals surface area contributed by atoms with E-state index in [2.05, 4.69) is 23.7 Å². The largest absolute Gasteiger partial charge is 0.465 e. The number of carbonyl (C=O) groups excluding carboxylic acids is 2. The van der Waals surface area contributed by atoms with Crippen molar-refractivity contribution in [3.8, 4) is 23.7 Å². The molecule has 0 fully saturated rings. The summed E-state index contributed by atoms with van der Waals surface area (Å²) >= 11 is 0. The molecule has 0 saturated heterocycles. The van der Waals surface area contributed by atoms with Gasteiger partial charge in [0.2, 0.25) is 0 Å². The van der Waals surface area contributed by atoms with Gasteiger partial charge in [0.1, 0.15) is 0 Å². The maximum absolute atomic E-state index is 12.1. The highest BCUT2D eigenvalue weighted by atomic mass is 16.6. The minimum absolute atomic E-state index is 0.0514. The van der Waals surface area contributed by atoms with E-state index in [4.69, 9.17) is 9.47 Å². The maximum atomic E-state index is 12.1. The SMILES string of the molecule is CC#CCC(CC#CC)(C(=O)OCC)C(=O)OCC. The zero-order chi connectivity index (χ0) is 14.7. The summed E-state index contributed by atoms with van der Waals surface area (Å²) in [5.41, 5.74) is -1.45. The van der Waals surface area contributed by atoms with Gasteiger partial charge in [-0.15, -0.1) is 23.7 Å². The molecule has 0 saturated carbocycles. The van der Waals surface area contributed by atoms with Crippen molar-refractivity contribution < 1.29 is 19.1 Å². The van der Waals surface area contributed by atoms with Gasteiger partial charge in [-0.25, -0.2) is 0 Å². The van der Waals surface area contributed by atoms with Crippen LogP contribution in [0.5, 0.6) is 0 Å². The average molecular weight is 264 g/mol. The first-order valence-corrected chi connectivity index (χ1v) is 6.22. The number of hydrogen-bond acceptors (Lipinski definition) is 4. The molecule has 0 radical (unpaired) electrons. The molecular weight excluding hydrogens is 244 g/mol. The van der Waals surface area contributed by atoms with Crippen molar-refractivity contribution in [2.45, 2.75) is 40.5 Å². The summed E-state index contributed by atoms with van der Waals surface area (Å²) in [6.07, 6.45) is 0.103. The molecule has 0 aromatic rings. The second kappa shape index (κ2) is 9.05. The molecule has 0 aromatic heterocycles. The standard InChI is InChI=1S/C15H20O4/c1-5-9-11-15(12-10-6-2,13(16)18-7-3)14(17)19-8-4/h7-8,11-12H2,1-4H3. The lowest BCUT2D eigenvalue weighted by Gasteiger charge is -2.25. The van der Waals surface area contributed by atoms with Crippen LogP contribution >= 0.6 is 0 Å². The van der Waals surface area contributed by atoms with E-state index < -0.39 is 17.4 Å². The van der Waals surface area contributed by atoms with Crippen molar-refractivity contribution in [1.29, 1.82) is 0 Å². The van der Waals surface area contributed by atoms with Crippen LogP contribution in [-0.4, -0.2) is 25.2 Å². The van der Waals surface area contributed by atoms with Gasteiger partial charge in [0.15, 0.2) is 5.41 Å². The molecule has 0 rings (SSSR count). The lowest BCUT2D eigenvalue weighted by molar-refractivity contribution is -0.171. The van der Waals surface area contributed by atoms with E-state index in [0.29, 0.717) is 0 Å². The van der Waals surface area contributed by atoms with Crippen LogP contribution in [0.15, 0.2) is 0 Å². The summed E-state index contributed by atoms with van der Waals surface area (Å²) in [5, 5.41) is 0. The van der Waals surface area contributed by atoms with Gasteiger partial charge in [-0.2, -0.15) is 0 Å². The van der Waals surface area contributed by atoms with Gasteiger partial charge in [0, 0.05) is 12.8 Å². The molecule has 0 spiro atoms. The second-order valence-corrected chi connectivity index (χ2v) is 3.73. The lowest BCUT2D eigenvalue weighted by atomic mass is 9.81. The van der Waals surface area contributed by atoms with Crippen molar-refractivity contribution in [2.75, 3.05) is 13.2 Å². The van der Waals surface area contributed by atoms with Crippen LogP contribution in [0.1, 0.15) is 40.5 Å². The Labute approximate surface area is 114 Å². The number of hydrogen-bond donors (Lipinski definition) is 0. The molecule has 0 heterocycles. The Kier molecular flexibility index (Phi) is 8.13. The van der Waals surface area contributed by atoms with Crippen molar-refractivity contribution >= 4 is 11.9 Å². The summed E-state index contributed by atoms with van der Waals surface area (Å²) in [7, 11) is 0. The monoisotopic (exact) mass is 264 g/mol. The van der Waals surface area contributed by atoms with Crippen LogP contribution in [0.25, 0.3) is 0 Å². The fourth-order valence-corrected chi connectivity index (χ4v) is 1.45. The van der Waals surface area contributed by atoms with Crippen LogP contribution in [0, 0.1) is 29.1 Å². The van der Waals surface area contributed by atoms with Crippen molar-refractivity contribution in [2.24, 2.45) is 5.41 Å². The van der Waals surface area contributed by atoms with E-state index in [1.807, 2.05) is 0 Å². The predicted molar refractivity (Wildman–Crippen MR) is 71.8 cm³/mol. The van der Waals surface area contributed by atoms with Crippen LogP contribution in [0.4, 0.5) is 0 Å². The fraction of sp³-hybridized carbons (Fsp3) is 0.600. The molecule has 4 nitrogen and oxygen atoms in total. The van der Waals surface area contributed by atoms with Crippen molar-refractivity contribution in [3.05, 3.63) is 0 Å². The summed E-state index contributed by atoms with van der Waals surface area (Å²) in [4.78, 5) is 24.3. The zero-order valence-electron chi connectivity index (χ0n) is 12.0. The molecule has 0 N–H and O–H groups in total. The number of ether oxygens (including phenoxy) is 2. The highest BCUT2D eigenvalue weighted by Gasteiger charge is 2.48. The third-order valence-electron chi connectivity index (χ3n) is 2.47. The first-order valence-electron chi connectivity index (χ1n) is 6.22. The molecule has 4 heteroatoms. The van der Waals surface area contributed by atoms with Crippen LogP contribution in [-0.2, 0) is 19.1 Å². The normalized spacial score (nSPS) is 9.47. The van der Waals surface area contributed by atoms with E-state index in [-0.39, 0.29) is 26.1 Å². The number of esters is 2. The van der Waals surface area contributed by atoms with Crippen molar-refractivity contribution in [1.82, 2.24) is 0 Å². The Morgan fingerprint density at radius 2 is 1.26 bits per heavy atom. The van der Waals surface area contributed by atoms with Crippen LogP contribution in [0.3, 0.4) is 0 Å². The smallest absolute Gasteiger partial charge is 0.325 e. The second-order valence-electron chi connectivity index (χ2n) is 3.73. The Balaban J connectivity index is 5.49. The third-order valence-corrected chi connectivity index (χ3v) is 2.47. The molecule has 104 valence electrons. The molecule has 0 aromatic carbocycles. The van der Waals surface area contributed by atoms with E-state index in [1.54, 1.807) is 27.7 Å². The molecular formula is C15H20O4. The highest BCUT2D eigenvalue weighted by molar-refractivity contribution is 6.00.